The largest absolute Gasteiger partial charge is 0.361 e. The molecule has 7 nitrogen and oxygen atoms in total. The molecule has 1 unspecified atom stereocenters. The van der Waals surface area contributed by atoms with Crippen LogP contribution in [0.4, 0.5) is 0 Å². The lowest BCUT2D eigenvalue weighted by atomic mass is 10.1. The molecular formula is C14H24N2O5S2. The zero-order valence-corrected chi connectivity index (χ0v) is 15.2. The summed E-state index contributed by atoms with van der Waals surface area (Å²) in [6, 6.07) is 0. The average molecular weight is 364 g/mol. The van der Waals surface area contributed by atoms with Crippen molar-refractivity contribution in [3.63, 3.8) is 0 Å². The molecule has 2 rings (SSSR count). The monoisotopic (exact) mass is 364 g/mol. The second-order valence-corrected chi connectivity index (χ2v) is 10.3. The lowest BCUT2D eigenvalue weighted by Crippen LogP contribution is -2.28. The summed E-state index contributed by atoms with van der Waals surface area (Å²) in [5.41, 5.74) is 1.87. The summed E-state index contributed by atoms with van der Waals surface area (Å²) in [4.78, 5) is 0. The summed E-state index contributed by atoms with van der Waals surface area (Å²) in [6.07, 6.45) is 2.35. The van der Waals surface area contributed by atoms with Crippen molar-refractivity contribution in [2.45, 2.75) is 39.5 Å². The highest BCUT2D eigenvalue weighted by atomic mass is 32.2. The number of nitrogens with one attached hydrogen (secondary N) is 1. The van der Waals surface area contributed by atoms with Crippen molar-refractivity contribution in [3.8, 4) is 0 Å². The van der Waals surface area contributed by atoms with Gasteiger partial charge in [0.25, 0.3) is 0 Å². The number of sulfone groups is 1. The molecule has 0 radical (unpaired) electrons. The SMILES string of the molecule is Cc1noc(C)c1CCCNS(=O)(=O)CCC1CCS(=O)(=O)C1. The van der Waals surface area contributed by atoms with Gasteiger partial charge in [-0.05, 0) is 45.4 Å². The highest BCUT2D eigenvalue weighted by Crippen LogP contribution is 2.22. The van der Waals surface area contributed by atoms with Gasteiger partial charge in [-0.3, -0.25) is 0 Å². The summed E-state index contributed by atoms with van der Waals surface area (Å²) in [5.74, 6) is 1.03. The molecule has 0 aliphatic carbocycles. The van der Waals surface area contributed by atoms with Crippen LogP contribution in [0.5, 0.6) is 0 Å². The molecule has 1 fully saturated rings. The molecule has 1 aromatic heterocycles. The van der Waals surface area contributed by atoms with Gasteiger partial charge in [0.15, 0.2) is 9.84 Å². The Labute approximate surface area is 137 Å². The standard InChI is InChI=1S/C14H24N2O5S2/c1-11-14(12(2)21-16-11)4-3-7-15-23(19,20)9-6-13-5-8-22(17,18)10-13/h13,15H,3-10H2,1-2H3. The maximum Gasteiger partial charge on any atom is 0.211 e. The Bertz CT molecular complexity index is 718. The summed E-state index contributed by atoms with van der Waals surface area (Å²) in [7, 11) is -6.30. The number of aromatic nitrogens is 1. The third kappa shape index (κ3) is 5.58. The van der Waals surface area contributed by atoms with Gasteiger partial charge in [-0.1, -0.05) is 5.16 Å². The minimum atomic E-state index is -3.35. The van der Waals surface area contributed by atoms with Gasteiger partial charge in [-0.25, -0.2) is 21.6 Å². The third-order valence-corrected chi connectivity index (χ3v) is 7.48. The van der Waals surface area contributed by atoms with Crippen molar-refractivity contribution in [2.24, 2.45) is 5.92 Å². The first-order valence-corrected chi connectivity index (χ1v) is 11.3. The minimum Gasteiger partial charge on any atom is -0.361 e. The Morgan fingerprint density at radius 3 is 2.65 bits per heavy atom. The molecule has 1 saturated heterocycles. The fourth-order valence-corrected chi connectivity index (χ4v) is 6.00. The quantitative estimate of drug-likeness (QED) is 0.689. The first-order chi connectivity index (χ1) is 10.7. The minimum absolute atomic E-state index is 0.0154. The molecule has 23 heavy (non-hydrogen) atoms. The van der Waals surface area contributed by atoms with Crippen LogP contribution in [0.1, 0.15) is 36.3 Å². The van der Waals surface area contributed by atoms with Crippen molar-refractivity contribution in [3.05, 3.63) is 17.0 Å². The lowest BCUT2D eigenvalue weighted by molar-refractivity contribution is 0.392. The second-order valence-electron chi connectivity index (χ2n) is 6.18. The summed E-state index contributed by atoms with van der Waals surface area (Å²) in [6.45, 7) is 4.07. The Morgan fingerprint density at radius 2 is 2.09 bits per heavy atom. The highest BCUT2D eigenvalue weighted by molar-refractivity contribution is 7.91. The zero-order chi connectivity index (χ0) is 17.1. The topological polar surface area (TPSA) is 106 Å². The van der Waals surface area contributed by atoms with Gasteiger partial charge in [0.2, 0.25) is 10.0 Å². The van der Waals surface area contributed by atoms with Crippen LogP contribution in [0.3, 0.4) is 0 Å². The number of hydrogen-bond acceptors (Lipinski definition) is 6. The van der Waals surface area contributed by atoms with Crippen molar-refractivity contribution >= 4 is 19.9 Å². The molecule has 1 aliphatic heterocycles. The number of nitrogens with zero attached hydrogens (tertiary/aromatic N) is 1. The smallest absolute Gasteiger partial charge is 0.211 e. The normalized spacial score (nSPS) is 20.9. The summed E-state index contributed by atoms with van der Waals surface area (Å²) < 4.78 is 54.3. The van der Waals surface area contributed by atoms with E-state index >= 15 is 0 Å². The molecular weight excluding hydrogens is 340 g/mol. The van der Waals surface area contributed by atoms with Crippen molar-refractivity contribution in [2.75, 3.05) is 23.8 Å². The van der Waals surface area contributed by atoms with Gasteiger partial charge >= 0.3 is 0 Å². The maximum absolute atomic E-state index is 12.0. The fourth-order valence-electron chi connectivity index (χ4n) is 2.85. The van der Waals surface area contributed by atoms with E-state index in [0.717, 1.165) is 17.0 Å². The van der Waals surface area contributed by atoms with E-state index in [0.29, 0.717) is 32.2 Å². The van der Waals surface area contributed by atoms with Crippen LogP contribution >= 0.6 is 0 Å². The van der Waals surface area contributed by atoms with Crippen molar-refractivity contribution < 1.29 is 21.4 Å². The van der Waals surface area contributed by atoms with Gasteiger partial charge in [-0.2, -0.15) is 0 Å². The molecule has 1 aromatic rings. The molecule has 0 amide bonds. The molecule has 132 valence electrons. The van der Waals surface area contributed by atoms with E-state index < -0.39 is 19.9 Å². The molecule has 1 N–H and O–H groups in total. The van der Waals surface area contributed by atoms with Gasteiger partial charge in [-0.15, -0.1) is 0 Å². The van der Waals surface area contributed by atoms with Crippen LogP contribution in [0.2, 0.25) is 0 Å². The van der Waals surface area contributed by atoms with Crippen LogP contribution in [-0.4, -0.2) is 45.8 Å². The zero-order valence-electron chi connectivity index (χ0n) is 13.5. The number of sulfonamides is 1. The molecule has 9 heteroatoms. The van der Waals surface area contributed by atoms with Gasteiger partial charge in [0.05, 0.1) is 23.0 Å². The van der Waals surface area contributed by atoms with E-state index in [9.17, 15) is 16.8 Å². The molecule has 0 aromatic carbocycles. The van der Waals surface area contributed by atoms with Crippen molar-refractivity contribution in [1.29, 1.82) is 0 Å². The molecule has 1 atom stereocenters. The van der Waals surface area contributed by atoms with Crippen LogP contribution in [-0.2, 0) is 26.3 Å². The molecule has 1 aliphatic rings. The molecule has 0 saturated carbocycles. The Balaban J connectivity index is 1.70. The molecule has 2 heterocycles. The van der Waals surface area contributed by atoms with E-state index in [-0.39, 0.29) is 23.2 Å². The predicted octanol–water partition coefficient (Wildman–Crippen LogP) is 0.968. The lowest BCUT2D eigenvalue weighted by Gasteiger charge is -2.09. The first kappa shape index (κ1) is 18.4. The predicted molar refractivity (Wildman–Crippen MR) is 87.5 cm³/mol. The van der Waals surface area contributed by atoms with E-state index in [2.05, 4.69) is 9.88 Å². The average Bonchev–Trinajstić information content (AvgIpc) is 2.96. The summed E-state index contributed by atoms with van der Waals surface area (Å²) in [5, 5.41) is 3.87. The van der Waals surface area contributed by atoms with Crippen LogP contribution < -0.4 is 4.72 Å². The Hall–Kier alpha value is -0.930. The third-order valence-electron chi connectivity index (χ3n) is 4.23. The van der Waals surface area contributed by atoms with Crippen molar-refractivity contribution in [1.82, 2.24) is 9.88 Å². The van der Waals surface area contributed by atoms with E-state index in [1.54, 1.807) is 0 Å². The summed E-state index contributed by atoms with van der Waals surface area (Å²) >= 11 is 0. The highest BCUT2D eigenvalue weighted by Gasteiger charge is 2.28. The van der Waals surface area contributed by atoms with Crippen LogP contribution in [0.25, 0.3) is 0 Å². The second kappa shape index (κ2) is 7.31. The van der Waals surface area contributed by atoms with Gasteiger partial charge in [0.1, 0.15) is 5.76 Å². The van der Waals surface area contributed by atoms with Gasteiger partial charge < -0.3 is 4.52 Å². The fraction of sp³-hybridized carbons (Fsp3) is 0.786. The van der Waals surface area contributed by atoms with E-state index in [1.807, 2.05) is 13.8 Å². The molecule has 0 spiro atoms. The maximum atomic E-state index is 12.0. The van der Waals surface area contributed by atoms with Gasteiger partial charge in [0, 0.05) is 12.1 Å². The van der Waals surface area contributed by atoms with E-state index in [4.69, 9.17) is 4.52 Å². The Kier molecular flexibility index (Phi) is 5.85. The first-order valence-electron chi connectivity index (χ1n) is 7.78. The van der Waals surface area contributed by atoms with Crippen LogP contribution in [0.15, 0.2) is 4.52 Å². The molecule has 0 bridgehead atoms. The number of aryl methyl sites for hydroxylation is 2. The Morgan fingerprint density at radius 1 is 1.35 bits per heavy atom. The number of rotatable bonds is 8. The van der Waals surface area contributed by atoms with Crippen LogP contribution in [0, 0.1) is 19.8 Å². The number of hydrogen-bond donors (Lipinski definition) is 1. The van der Waals surface area contributed by atoms with E-state index in [1.165, 1.54) is 0 Å².